The summed E-state index contributed by atoms with van der Waals surface area (Å²) in [6.07, 6.45) is 1.69. The molecule has 2 rings (SSSR count). The van der Waals surface area contributed by atoms with Crippen molar-refractivity contribution >= 4 is 16.7 Å². The Morgan fingerprint density at radius 2 is 2.06 bits per heavy atom. The van der Waals surface area contributed by atoms with E-state index in [-0.39, 0.29) is 0 Å². The fourth-order valence-electron chi connectivity index (χ4n) is 2.10. The Bertz CT molecular complexity index is 576. The second-order valence-electron chi connectivity index (χ2n) is 4.04. The van der Waals surface area contributed by atoms with E-state index < -0.39 is 5.91 Å². The van der Waals surface area contributed by atoms with Crippen LogP contribution in [0.3, 0.4) is 0 Å². The molecule has 0 spiro atoms. The van der Waals surface area contributed by atoms with Gasteiger partial charge in [-0.15, -0.1) is 0 Å². The Labute approximate surface area is 101 Å². The maximum absolute atomic E-state index is 11.4. The molecule has 1 aromatic carbocycles. The number of aryl methyl sites for hydroxylation is 2. The molecule has 3 nitrogen and oxygen atoms in total. The number of amides is 1. The minimum Gasteiger partial charge on any atom is -0.366 e. The molecule has 0 aliphatic heterocycles. The van der Waals surface area contributed by atoms with Crippen molar-refractivity contribution in [1.29, 1.82) is 0 Å². The highest BCUT2D eigenvalue weighted by atomic mass is 16.1. The number of aromatic nitrogens is 1. The molecule has 1 heterocycles. The van der Waals surface area contributed by atoms with Gasteiger partial charge in [-0.2, -0.15) is 0 Å². The quantitative estimate of drug-likeness (QED) is 0.877. The number of carbonyl (C=O) groups is 1. The van der Waals surface area contributed by atoms with Crippen molar-refractivity contribution in [1.82, 2.24) is 4.98 Å². The van der Waals surface area contributed by atoms with E-state index in [4.69, 9.17) is 5.73 Å². The summed E-state index contributed by atoms with van der Waals surface area (Å²) in [5.74, 6) is -0.392. The zero-order valence-corrected chi connectivity index (χ0v) is 10.2. The first-order valence-corrected chi connectivity index (χ1v) is 5.88. The number of hydrogen-bond acceptors (Lipinski definition) is 2. The summed E-state index contributed by atoms with van der Waals surface area (Å²) in [5, 5.41) is 1.95. The zero-order chi connectivity index (χ0) is 12.4. The number of pyridine rings is 1. The van der Waals surface area contributed by atoms with Crippen molar-refractivity contribution in [2.24, 2.45) is 5.73 Å². The normalized spacial score (nSPS) is 10.7. The molecule has 1 aromatic heterocycles. The highest BCUT2D eigenvalue weighted by Crippen LogP contribution is 2.23. The van der Waals surface area contributed by atoms with E-state index in [0.29, 0.717) is 5.56 Å². The van der Waals surface area contributed by atoms with Gasteiger partial charge in [0.1, 0.15) is 0 Å². The molecule has 0 unspecified atom stereocenters. The molecule has 2 N–H and O–H groups in total. The first-order valence-electron chi connectivity index (χ1n) is 5.88. The number of primary amides is 1. The van der Waals surface area contributed by atoms with Gasteiger partial charge in [0.25, 0.3) is 0 Å². The van der Waals surface area contributed by atoms with E-state index in [2.05, 4.69) is 11.9 Å². The van der Waals surface area contributed by atoms with Gasteiger partial charge in [-0.1, -0.05) is 26.0 Å². The average molecular weight is 228 g/mol. The van der Waals surface area contributed by atoms with Crippen LogP contribution in [-0.4, -0.2) is 10.9 Å². The lowest BCUT2D eigenvalue weighted by molar-refractivity contribution is 0.100. The fraction of sp³-hybridized carbons (Fsp3) is 0.286. The maximum Gasteiger partial charge on any atom is 0.249 e. The average Bonchev–Trinajstić information content (AvgIpc) is 2.36. The van der Waals surface area contributed by atoms with E-state index in [1.807, 2.05) is 25.1 Å². The van der Waals surface area contributed by atoms with Crippen LogP contribution in [0.2, 0.25) is 0 Å². The van der Waals surface area contributed by atoms with Crippen molar-refractivity contribution in [3.8, 4) is 0 Å². The number of hydrogen-bond donors (Lipinski definition) is 1. The molecule has 0 radical (unpaired) electrons. The second-order valence-corrected chi connectivity index (χ2v) is 4.04. The zero-order valence-electron chi connectivity index (χ0n) is 10.2. The van der Waals surface area contributed by atoms with Crippen LogP contribution in [0.1, 0.15) is 35.6 Å². The molecular weight excluding hydrogens is 212 g/mol. The van der Waals surface area contributed by atoms with Crippen molar-refractivity contribution in [2.75, 3.05) is 0 Å². The van der Waals surface area contributed by atoms with Gasteiger partial charge >= 0.3 is 0 Å². The number of nitrogens with zero attached hydrogens (tertiary/aromatic N) is 1. The lowest BCUT2D eigenvalue weighted by Crippen LogP contribution is -2.12. The topological polar surface area (TPSA) is 56.0 Å². The number of benzene rings is 1. The van der Waals surface area contributed by atoms with E-state index in [1.165, 1.54) is 0 Å². The van der Waals surface area contributed by atoms with Gasteiger partial charge in [-0.3, -0.25) is 9.78 Å². The molecule has 0 bridgehead atoms. The van der Waals surface area contributed by atoms with Crippen LogP contribution in [0.4, 0.5) is 0 Å². The van der Waals surface area contributed by atoms with Crippen LogP contribution in [-0.2, 0) is 12.8 Å². The second kappa shape index (κ2) is 4.53. The van der Waals surface area contributed by atoms with Gasteiger partial charge in [0.15, 0.2) is 0 Å². The lowest BCUT2D eigenvalue weighted by atomic mass is 10.0. The molecule has 3 heteroatoms. The Morgan fingerprint density at radius 1 is 1.29 bits per heavy atom. The predicted octanol–water partition coefficient (Wildman–Crippen LogP) is 2.46. The van der Waals surface area contributed by atoms with E-state index >= 15 is 0 Å². The molecule has 0 saturated carbocycles. The first-order chi connectivity index (χ1) is 8.17. The minimum absolute atomic E-state index is 0.392. The standard InChI is InChI=1S/C14H16N2O/c1-3-10-8-9-6-5-7-11(14(15)17)13(9)12(4-2)16-10/h5-8H,3-4H2,1-2H3,(H2,15,17). The monoisotopic (exact) mass is 228 g/mol. The number of rotatable bonds is 3. The van der Waals surface area contributed by atoms with E-state index in [1.54, 1.807) is 6.07 Å². The fourth-order valence-corrected chi connectivity index (χ4v) is 2.10. The molecule has 0 aliphatic rings. The smallest absolute Gasteiger partial charge is 0.249 e. The Morgan fingerprint density at radius 3 is 2.65 bits per heavy atom. The maximum atomic E-state index is 11.4. The number of fused-ring (bicyclic) bond motifs is 1. The third-order valence-electron chi connectivity index (χ3n) is 2.95. The largest absolute Gasteiger partial charge is 0.366 e. The van der Waals surface area contributed by atoms with Crippen LogP contribution in [0, 0.1) is 0 Å². The Hall–Kier alpha value is -1.90. The molecular formula is C14H16N2O. The molecule has 0 saturated heterocycles. The SMILES string of the molecule is CCc1cc2cccc(C(N)=O)c2c(CC)n1. The van der Waals surface area contributed by atoms with Crippen molar-refractivity contribution in [3.05, 3.63) is 41.2 Å². The van der Waals surface area contributed by atoms with Crippen LogP contribution in [0.15, 0.2) is 24.3 Å². The molecule has 1 amide bonds. The predicted molar refractivity (Wildman–Crippen MR) is 69.0 cm³/mol. The molecule has 2 aromatic rings. The summed E-state index contributed by atoms with van der Waals surface area (Å²) in [6, 6.07) is 7.65. The molecule has 88 valence electrons. The molecule has 0 atom stereocenters. The van der Waals surface area contributed by atoms with Gasteiger partial charge in [0, 0.05) is 22.3 Å². The third-order valence-corrected chi connectivity index (χ3v) is 2.95. The summed E-state index contributed by atoms with van der Waals surface area (Å²) in [4.78, 5) is 16.0. The van der Waals surface area contributed by atoms with Crippen LogP contribution in [0.25, 0.3) is 10.8 Å². The Balaban J connectivity index is 2.84. The summed E-state index contributed by atoms with van der Waals surface area (Å²) in [5.41, 5.74) is 7.98. The van der Waals surface area contributed by atoms with Gasteiger partial charge in [-0.05, 0) is 30.4 Å². The van der Waals surface area contributed by atoms with Crippen LogP contribution >= 0.6 is 0 Å². The lowest BCUT2D eigenvalue weighted by Gasteiger charge is -2.09. The van der Waals surface area contributed by atoms with Crippen LogP contribution in [0.5, 0.6) is 0 Å². The van der Waals surface area contributed by atoms with E-state index in [0.717, 1.165) is 35.0 Å². The molecule has 0 fully saturated rings. The molecule has 17 heavy (non-hydrogen) atoms. The molecule has 0 aliphatic carbocycles. The first kappa shape index (κ1) is 11.6. The number of nitrogens with two attached hydrogens (primary N) is 1. The van der Waals surface area contributed by atoms with Crippen molar-refractivity contribution < 1.29 is 4.79 Å². The van der Waals surface area contributed by atoms with Gasteiger partial charge in [0.05, 0.1) is 0 Å². The van der Waals surface area contributed by atoms with Gasteiger partial charge in [-0.25, -0.2) is 0 Å². The van der Waals surface area contributed by atoms with Crippen molar-refractivity contribution in [3.63, 3.8) is 0 Å². The van der Waals surface area contributed by atoms with Gasteiger partial charge < -0.3 is 5.73 Å². The highest BCUT2D eigenvalue weighted by molar-refractivity contribution is 6.07. The summed E-state index contributed by atoms with van der Waals surface area (Å²) >= 11 is 0. The van der Waals surface area contributed by atoms with Crippen molar-refractivity contribution in [2.45, 2.75) is 26.7 Å². The third kappa shape index (κ3) is 2.00. The Kier molecular flexibility index (Phi) is 3.09. The highest BCUT2D eigenvalue weighted by Gasteiger charge is 2.11. The number of carbonyl (C=O) groups excluding carboxylic acids is 1. The summed E-state index contributed by atoms with van der Waals surface area (Å²) in [7, 11) is 0. The van der Waals surface area contributed by atoms with Crippen LogP contribution < -0.4 is 5.73 Å². The van der Waals surface area contributed by atoms with E-state index in [9.17, 15) is 4.79 Å². The summed E-state index contributed by atoms with van der Waals surface area (Å²) < 4.78 is 0. The minimum atomic E-state index is -0.392. The summed E-state index contributed by atoms with van der Waals surface area (Å²) in [6.45, 7) is 4.12. The van der Waals surface area contributed by atoms with Gasteiger partial charge in [0.2, 0.25) is 5.91 Å².